The Morgan fingerprint density at radius 1 is 0.294 bits per heavy atom. The minimum Gasteiger partial charge on any atom is -0.462 e. The average molecular weight is 956 g/mol. The molecule has 0 aromatic rings. The van der Waals surface area contributed by atoms with Crippen molar-refractivity contribution in [2.24, 2.45) is 0 Å². The summed E-state index contributed by atoms with van der Waals surface area (Å²) in [6.07, 6.45) is 68.5. The smallest absolute Gasteiger partial charge is 0.306 e. The lowest BCUT2D eigenvalue weighted by Crippen LogP contribution is -2.30. The van der Waals surface area contributed by atoms with Crippen LogP contribution in [0.4, 0.5) is 0 Å². The highest BCUT2D eigenvalue weighted by molar-refractivity contribution is 5.71. The second-order valence-electron chi connectivity index (χ2n) is 20.3. The van der Waals surface area contributed by atoms with Gasteiger partial charge >= 0.3 is 17.9 Å². The van der Waals surface area contributed by atoms with Gasteiger partial charge in [0, 0.05) is 19.3 Å². The van der Waals surface area contributed by atoms with Gasteiger partial charge in [-0.25, -0.2) is 0 Å². The summed E-state index contributed by atoms with van der Waals surface area (Å²) < 4.78 is 16.9. The van der Waals surface area contributed by atoms with Crippen LogP contribution in [0.25, 0.3) is 0 Å². The van der Waals surface area contributed by atoms with Crippen LogP contribution in [0.3, 0.4) is 0 Å². The number of hydrogen-bond donors (Lipinski definition) is 0. The number of ether oxygens (including phenoxy) is 3. The van der Waals surface area contributed by atoms with Crippen LogP contribution >= 0.6 is 0 Å². The van der Waals surface area contributed by atoms with Gasteiger partial charge < -0.3 is 14.2 Å². The Kier molecular flexibility index (Phi) is 55.2. The average Bonchev–Trinajstić information content (AvgIpc) is 3.34. The van der Waals surface area contributed by atoms with E-state index in [4.69, 9.17) is 14.2 Å². The quantitative estimate of drug-likeness (QED) is 0.0262. The zero-order chi connectivity index (χ0) is 49.3. The molecule has 0 aliphatic heterocycles. The Balaban J connectivity index is 4.26. The third-order valence-electron chi connectivity index (χ3n) is 13.4. The van der Waals surface area contributed by atoms with E-state index in [0.29, 0.717) is 19.3 Å². The van der Waals surface area contributed by atoms with Crippen LogP contribution in [0, 0.1) is 0 Å². The molecule has 0 aliphatic carbocycles. The fourth-order valence-electron chi connectivity index (χ4n) is 8.82. The largest absolute Gasteiger partial charge is 0.462 e. The number of hydrogen-bond acceptors (Lipinski definition) is 6. The summed E-state index contributed by atoms with van der Waals surface area (Å²) in [5.41, 5.74) is 0. The highest BCUT2D eigenvalue weighted by Gasteiger charge is 2.19. The van der Waals surface area contributed by atoms with Crippen LogP contribution in [0.2, 0.25) is 0 Å². The van der Waals surface area contributed by atoms with Gasteiger partial charge in [0.2, 0.25) is 0 Å². The molecule has 0 bridgehead atoms. The van der Waals surface area contributed by atoms with Gasteiger partial charge in [-0.05, 0) is 77.0 Å². The van der Waals surface area contributed by atoms with E-state index in [1.54, 1.807) is 0 Å². The maximum absolute atomic E-state index is 12.8. The second-order valence-corrected chi connectivity index (χ2v) is 20.3. The molecule has 68 heavy (non-hydrogen) atoms. The van der Waals surface area contributed by atoms with Gasteiger partial charge in [-0.3, -0.25) is 14.4 Å². The summed E-state index contributed by atoms with van der Waals surface area (Å²) >= 11 is 0. The molecule has 0 saturated heterocycles. The highest BCUT2D eigenvalue weighted by atomic mass is 16.6. The molecule has 1 unspecified atom stereocenters. The number of rotatable bonds is 55. The first-order valence-corrected chi connectivity index (χ1v) is 30.0. The van der Waals surface area contributed by atoms with Gasteiger partial charge in [0.05, 0.1) is 0 Å². The number of allylic oxidation sites excluding steroid dienone is 6. The summed E-state index contributed by atoms with van der Waals surface area (Å²) in [5, 5.41) is 0. The van der Waals surface area contributed by atoms with E-state index in [2.05, 4.69) is 57.2 Å². The van der Waals surface area contributed by atoms with E-state index in [1.807, 2.05) is 0 Å². The fraction of sp³-hybridized carbons (Fsp3) is 0.855. The predicted octanol–water partition coefficient (Wildman–Crippen LogP) is 20.0. The van der Waals surface area contributed by atoms with Crippen LogP contribution in [0.15, 0.2) is 36.5 Å². The van der Waals surface area contributed by atoms with Gasteiger partial charge in [-0.15, -0.1) is 0 Å². The number of esters is 3. The molecule has 0 saturated carbocycles. The summed E-state index contributed by atoms with van der Waals surface area (Å²) in [6, 6.07) is 0. The molecule has 0 amide bonds. The van der Waals surface area contributed by atoms with Crippen molar-refractivity contribution in [3.63, 3.8) is 0 Å². The monoisotopic (exact) mass is 955 g/mol. The lowest BCUT2D eigenvalue weighted by molar-refractivity contribution is -0.167. The molecule has 0 heterocycles. The zero-order valence-electron chi connectivity index (χ0n) is 45.6. The molecule has 6 heteroatoms. The van der Waals surface area contributed by atoms with Crippen LogP contribution in [-0.2, 0) is 28.6 Å². The van der Waals surface area contributed by atoms with Crippen molar-refractivity contribution in [2.45, 2.75) is 329 Å². The van der Waals surface area contributed by atoms with Crippen molar-refractivity contribution < 1.29 is 28.6 Å². The second kappa shape index (κ2) is 57.2. The van der Waals surface area contributed by atoms with Crippen molar-refractivity contribution in [2.75, 3.05) is 13.2 Å². The lowest BCUT2D eigenvalue weighted by atomic mass is 10.0. The predicted molar refractivity (Wildman–Crippen MR) is 293 cm³/mol. The molecule has 0 N–H and O–H groups in total. The first kappa shape index (κ1) is 65.6. The normalized spacial score (nSPS) is 12.2. The maximum atomic E-state index is 12.8. The van der Waals surface area contributed by atoms with E-state index in [-0.39, 0.29) is 31.1 Å². The van der Waals surface area contributed by atoms with E-state index in [1.165, 1.54) is 212 Å². The maximum Gasteiger partial charge on any atom is 0.306 e. The van der Waals surface area contributed by atoms with Crippen LogP contribution in [0.5, 0.6) is 0 Å². The van der Waals surface area contributed by atoms with Crippen molar-refractivity contribution >= 4 is 17.9 Å². The van der Waals surface area contributed by atoms with E-state index in [0.717, 1.165) is 70.6 Å². The molecule has 398 valence electrons. The summed E-state index contributed by atoms with van der Waals surface area (Å²) in [4.78, 5) is 38.1. The van der Waals surface area contributed by atoms with Crippen molar-refractivity contribution in [1.82, 2.24) is 0 Å². The molecule has 0 rings (SSSR count). The molecule has 0 aromatic carbocycles. The fourth-order valence-corrected chi connectivity index (χ4v) is 8.82. The van der Waals surface area contributed by atoms with Gasteiger partial charge in [0.15, 0.2) is 6.10 Å². The molecule has 6 nitrogen and oxygen atoms in total. The molecular formula is C62H114O6. The third-order valence-corrected chi connectivity index (χ3v) is 13.4. The van der Waals surface area contributed by atoms with Crippen LogP contribution < -0.4 is 0 Å². The van der Waals surface area contributed by atoms with Crippen LogP contribution in [0.1, 0.15) is 323 Å². The van der Waals surface area contributed by atoms with Crippen molar-refractivity contribution in [1.29, 1.82) is 0 Å². The molecule has 0 aliphatic rings. The Morgan fingerprint density at radius 2 is 0.529 bits per heavy atom. The molecule has 0 fully saturated rings. The van der Waals surface area contributed by atoms with Gasteiger partial charge in [0.25, 0.3) is 0 Å². The van der Waals surface area contributed by atoms with E-state index in [9.17, 15) is 14.4 Å². The number of unbranched alkanes of at least 4 members (excludes halogenated alkanes) is 38. The Morgan fingerprint density at radius 3 is 0.853 bits per heavy atom. The standard InChI is InChI=1S/C62H114O6/c1-4-7-10-13-16-19-22-25-27-28-29-30-31-32-33-34-36-37-40-43-46-49-52-55-61(64)67-58-59(57-66-60(63)54-51-48-45-42-39-24-21-18-15-12-9-6-3)68-62(65)56-53-50-47-44-41-38-35-26-23-20-17-14-11-8-5-2/h18,21-22,25,28-29,59H,4-17,19-20,23-24,26-27,30-58H2,1-3H3/b21-18-,25-22-,29-28-. The van der Waals surface area contributed by atoms with E-state index < -0.39 is 6.10 Å². The first-order valence-electron chi connectivity index (χ1n) is 30.0. The lowest BCUT2D eigenvalue weighted by Gasteiger charge is -2.18. The minimum atomic E-state index is -0.773. The summed E-state index contributed by atoms with van der Waals surface area (Å²) in [5.74, 6) is -0.865. The Labute approximate surface area is 423 Å². The van der Waals surface area contributed by atoms with Crippen molar-refractivity contribution in [3.8, 4) is 0 Å². The van der Waals surface area contributed by atoms with E-state index >= 15 is 0 Å². The topological polar surface area (TPSA) is 78.9 Å². The first-order chi connectivity index (χ1) is 33.5. The third kappa shape index (κ3) is 54.6. The Bertz CT molecular complexity index is 1140. The molecule has 1 atom stereocenters. The summed E-state index contributed by atoms with van der Waals surface area (Å²) in [6.45, 7) is 6.64. The highest BCUT2D eigenvalue weighted by Crippen LogP contribution is 2.17. The summed E-state index contributed by atoms with van der Waals surface area (Å²) in [7, 11) is 0. The van der Waals surface area contributed by atoms with Gasteiger partial charge in [-0.1, -0.05) is 263 Å². The Hall–Kier alpha value is -2.37. The zero-order valence-corrected chi connectivity index (χ0v) is 45.6. The van der Waals surface area contributed by atoms with Crippen LogP contribution in [-0.4, -0.2) is 37.2 Å². The van der Waals surface area contributed by atoms with Crippen molar-refractivity contribution in [3.05, 3.63) is 36.5 Å². The molecule has 0 aromatic heterocycles. The van der Waals surface area contributed by atoms with Gasteiger partial charge in [-0.2, -0.15) is 0 Å². The van der Waals surface area contributed by atoms with Gasteiger partial charge in [0.1, 0.15) is 13.2 Å². The molecule has 0 radical (unpaired) electrons. The minimum absolute atomic E-state index is 0.0720. The molecule has 0 spiro atoms. The number of carbonyl (C=O) groups excluding carboxylic acids is 3. The number of carbonyl (C=O) groups is 3. The SMILES string of the molecule is CCCCC/C=C\CCCCCCCC(=O)OCC(COC(=O)CCCCCCCCCCCCC/C=C\C/C=C\CCCCCCC)OC(=O)CCCCCCCCCCCCCCCCC. The molecular weight excluding hydrogens is 841 g/mol.